The van der Waals surface area contributed by atoms with Crippen LogP contribution in [0.1, 0.15) is 167 Å². The minimum atomic E-state index is 0.858. The van der Waals surface area contributed by atoms with Gasteiger partial charge in [-0.1, -0.05) is 135 Å². The van der Waals surface area contributed by atoms with E-state index in [-0.39, 0.29) is 0 Å². The van der Waals surface area contributed by atoms with Gasteiger partial charge in [0.05, 0.1) is 0 Å². The smallest absolute Gasteiger partial charge is 0.00187 e. The largest absolute Gasteiger partial charge is 0.330 e. The van der Waals surface area contributed by atoms with Gasteiger partial charge in [-0.05, 0) is 64.8 Å². The van der Waals surface area contributed by atoms with Crippen LogP contribution >= 0.6 is 0 Å². The highest BCUT2D eigenvalue weighted by molar-refractivity contribution is 4.61. The van der Waals surface area contributed by atoms with E-state index in [1.807, 2.05) is 0 Å². The molecular weight excluding hydrogens is 414 g/mol. The summed E-state index contributed by atoms with van der Waals surface area (Å²) < 4.78 is 0. The van der Waals surface area contributed by atoms with E-state index >= 15 is 0 Å². The molecule has 0 aromatic carbocycles. The van der Waals surface area contributed by atoms with Crippen molar-refractivity contribution in [2.45, 2.75) is 167 Å². The molecule has 34 heavy (non-hydrogen) atoms. The van der Waals surface area contributed by atoms with Gasteiger partial charge in [-0.3, -0.25) is 0 Å². The van der Waals surface area contributed by atoms with E-state index in [0.29, 0.717) is 0 Å². The monoisotopic (exact) mass is 482 g/mol. The van der Waals surface area contributed by atoms with Gasteiger partial charge in [-0.15, -0.1) is 0 Å². The van der Waals surface area contributed by atoms with Crippen LogP contribution in [0.3, 0.4) is 0 Å². The average molecular weight is 482 g/mol. The topological polar surface area (TPSA) is 55.3 Å². The second-order valence-corrected chi connectivity index (χ2v) is 10.9. The van der Waals surface area contributed by atoms with Crippen LogP contribution in [0.5, 0.6) is 0 Å². The molecule has 0 spiro atoms. The molecule has 3 nitrogen and oxygen atoms in total. The van der Waals surface area contributed by atoms with E-state index in [2.05, 4.69) is 11.8 Å². The molecule has 0 radical (unpaired) electrons. The molecule has 0 aliphatic rings. The van der Waals surface area contributed by atoms with E-state index < -0.39 is 0 Å². The molecule has 0 aliphatic carbocycles. The van der Waals surface area contributed by atoms with Gasteiger partial charge in [0.25, 0.3) is 0 Å². The highest BCUT2D eigenvalue weighted by atomic mass is 15.1. The van der Waals surface area contributed by atoms with Crippen molar-refractivity contribution in [3.8, 4) is 0 Å². The van der Waals surface area contributed by atoms with E-state index in [0.717, 1.165) is 13.1 Å². The molecule has 0 aromatic rings. The first-order valence-corrected chi connectivity index (χ1v) is 16.0. The molecule has 0 aliphatic heterocycles. The van der Waals surface area contributed by atoms with Gasteiger partial charge in [0.2, 0.25) is 0 Å². The maximum absolute atomic E-state index is 5.63. The van der Waals surface area contributed by atoms with E-state index in [4.69, 9.17) is 11.5 Å². The van der Waals surface area contributed by atoms with Gasteiger partial charge in [0.1, 0.15) is 0 Å². The fraction of sp³-hybridized carbons (Fsp3) is 1.00. The Morgan fingerprint density at radius 2 is 0.559 bits per heavy atom. The molecule has 0 saturated heterocycles. The van der Waals surface area contributed by atoms with Crippen LogP contribution in [0.2, 0.25) is 0 Å². The Morgan fingerprint density at radius 3 is 0.824 bits per heavy atom. The first-order valence-electron chi connectivity index (χ1n) is 16.0. The van der Waals surface area contributed by atoms with Crippen molar-refractivity contribution in [2.75, 3.05) is 32.7 Å². The molecule has 0 rings (SSSR count). The Labute approximate surface area is 216 Å². The van der Waals surface area contributed by atoms with Crippen LogP contribution in [0.4, 0.5) is 0 Å². The third kappa shape index (κ3) is 28.1. The molecule has 0 amide bonds. The van der Waals surface area contributed by atoms with E-state index in [1.165, 1.54) is 180 Å². The van der Waals surface area contributed by atoms with Gasteiger partial charge in [-0.2, -0.15) is 0 Å². The van der Waals surface area contributed by atoms with Crippen LogP contribution < -0.4 is 11.5 Å². The van der Waals surface area contributed by atoms with Crippen molar-refractivity contribution < 1.29 is 0 Å². The summed E-state index contributed by atoms with van der Waals surface area (Å²) >= 11 is 0. The Morgan fingerprint density at radius 1 is 0.324 bits per heavy atom. The van der Waals surface area contributed by atoms with Crippen LogP contribution in [0.25, 0.3) is 0 Å². The zero-order valence-electron chi connectivity index (χ0n) is 23.8. The highest BCUT2D eigenvalue weighted by Gasteiger charge is 2.05. The summed E-state index contributed by atoms with van der Waals surface area (Å²) in [7, 11) is 0. The number of nitrogens with two attached hydrogens (primary N) is 2. The van der Waals surface area contributed by atoms with Gasteiger partial charge < -0.3 is 16.4 Å². The molecule has 0 unspecified atom stereocenters. The molecule has 0 aromatic heterocycles. The van der Waals surface area contributed by atoms with Crippen molar-refractivity contribution in [3.05, 3.63) is 0 Å². The van der Waals surface area contributed by atoms with Gasteiger partial charge in [0.15, 0.2) is 0 Å². The molecule has 0 fully saturated rings. The molecular formula is C31H67N3. The summed E-state index contributed by atoms with van der Waals surface area (Å²) in [6.07, 6.45) is 35.0. The van der Waals surface area contributed by atoms with Gasteiger partial charge in [-0.25, -0.2) is 0 Å². The van der Waals surface area contributed by atoms with Gasteiger partial charge in [0, 0.05) is 0 Å². The molecule has 3 heteroatoms. The van der Waals surface area contributed by atoms with Crippen LogP contribution in [0, 0.1) is 0 Å². The summed E-state index contributed by atoms with van der Waals surface area (Å²) in [5.74, 6) is 0. The van der Waals surface area contributed by atoms with E-state index in [9.17, 15) is 0 Å². The summed E-state index contributed by atoms with van der Waals surface area (Å²) in [5.41, 5.74) is 11.2. The minimum absolute atomic E-state index is 0.858. The Hall–Kier alpha value is -0.120. The molecule has 0 bridgehead atoms. The van der Waals surface area contributed by atoms with Crippen LogP contribution in [0.15, 0.2) is 0 Å². The lowest BCUT2D eigenvalue weighted by Gasteiger charge is -2.22. The average Bonchev–Trinajstić information content (AvgIpc) is 2.85. The molecule has 0 heterocycles. The fourth-order valence-corrected chi connectivity index (χ4v) is 5.06. The highest BCUT2D eigenvalue weighted by Crippen LogP contribution is 2.14. The lowest BCUT2D eigenvalue weighted by Crippen LogP contribution is -2.27. The fourth-order valence-electron chi connectivity index (χ4n) is 5.06. The second kappa shape index (κ2) is 30.9. The molecule has 206 valence electrons. The number of rotatable bonds is 30. The normalized spacial score (nSPS) is 11.6. The van der Waals surface area contributed by atoms with Crippen LogP contribution in [-0.2, 0) is 0 Å². The summed E-state index contributed by atoms with van der Waals surface area (Å²) in [6, 6.07) is 0. The standard InChI is InChI=1S/C31H67N3/c1-2-3-4-5-6-7-8-9-10-11-12-14-19-24-29-34(31-26-21-16-18-23-28-33)30-25-20-15-13-17-22-27-32/h2-33H2,1H3. The van der Waals surface area contributed by atoms with Crippen molar-refractivity contribution in [3.63, 3.8) is 0 Å². The summed E-state index contributed by atoms with van der Waals surface area (Å²) in [4.78, 5) is 2.78. The minimum Gasteiger partial charge on any atom is -0.330 e. The quantitative estimate of drug-likeness (QED) is 0.101. The predicted octanol–water partition coefficient (Wildman–Crippen LogP) is 8.98. The Bertz CT molecular complexity index is 348. The van der Waals surface area contributed by atoms with Gasteiger partial charge >= 0.3 is 0 Å². The van der Waals surface area contributed by atoms with Crippen molar-refractivity contribution in [1.82, 2.24) is 4.90 Å². The molecule has 4 N–H and O–H groups in total. The first kappa shape index (κ1) is 33.9. The zero-order chi connectivity index (χ0) is 24.8. The maximum Gasteiger partial charge on any atom is -0.00187 e. The lowest BCUT2D eigenvalue weighted by atomic mass is 10.0. The van der Waals surface area contributed by atoms with Crippen molar-refractivity contribution in [2.24, 2.45) is 11.5 Å². The second-order valence-electron chi connectivity index (χ2n) is 10.9. The molecule has 0 atom stereocenters. The predicted molar refractivity (Wildman–Crippen MR) is 156 cm³/mol. The summed E-state index contributed by atoms with van der Waals surface area (Å²) in [5, 5.41) is 0. The lowest BCUT2D eigenvalue weighted by molar-refractivity contribution is 0.254. The number of hydrogen-bond acceptors (Lipinski definition) is 3. The number of unbranched alkanes of at least 4 members (excludes halogenated alkanes) is 22. The first-order chi connectivity index (χ1) is 16.8. The van der Waals surface area contributed by atoms with E-state index in [1.54, 1.807) is 0 Å². The Balaban J connectivity index is 3.70. The number of nitrogens with zero attached hydrogens (tertiary/aromatic N) is 1. The zero-order valence-corrected chi connectivity index (χ0v) is 23.8. The van der Waals surface area contributed by atoms with Crippen LogP contribution in [-0.4, -0.2) is 37.6 Å². The SMILES string of the molecule is CCCCCCCCCCCCCCCCN(CCCCCCCN)CCCCCCCCN. The third-order valence-electron chi connectivity index (χ3n) is 7.43. The van der Waals surface area contributed by atoms with Crippen molar-refractivity contribution >= 4 is 0 Å². The summed E-state index contributed by atoms with van der Waals surface area (Å²) in [6.45, 7) is 7.98. The number of hydrogen-bond donors (Lipinski definition) is 2. The Kier molecular flexibility index (Phi) is 30.8. The third-order valence-corrected chi connectivity index (χ3v) is 7.43. The van der Waals surface area contributed by atoms with Crippen molar-refractivity contribution in [1.29, 1.82) is 0 Å². The maximum atomic E-state index is 5.63. The molecule has 0 saturated carbocycles.